The average molecular weight is 534 g/mol. The number of nitrogens with zero attached hydrogens (tertiary/aromatic N) is 1. The minimum absolute atomic E-state index is 0.0211. The highest BCUT2D eigenvalue weighted by Gasteiger charge is 2.17. The number of ether oxygens (including phenoxy) is 1. The van der Waals surface area contributed by atoms with E-state index in [0.29, 0.717) is 34.1 Å². The van der Waals surface area contributed by atoms with Crippen LogP contribution in [0.1, 0.15) is 36.2 Å². The minimum Gasteiger partial charge on any atom is -0.495 e. The van der Waals surface area contributed by atoms with Crippen molar-refractivity contribution in [2.24, 2.45) is 0 Å². The van der Waals surface area contributed by atoms with Crippen LogP contribution in [-0.2, 0) is 20.8 Å². The number of hydrogen-bond acceptors (Lipinski definition) is 7. The fourth-order valence-electron chi connectivity index (χ4n) is 3.74. The minimum atomic E-state index is -1.03. The molecule has 39 heavy (non-hydrogen) atoms. The first-order valence-electron chi connectivity index (χ1n) is 12.2. The summed E-state index contributed by atoms with van der Waals surface area (Å²) in [7, 11) is 1.47. The molecular weight excluding hydrogens is 502 g/mol. The van der Waals surface area contributed by atoms with Crippen molar-refractivity contribution in [1.82, 2.24) is 10.3 Å². The summed E-state index contributed by atoms with van der Waals surface area (Å²) in [6.45, 7) is 3.32. The highest BCUT2D eigenvalue weighted by atomic mass is 16.5. The van der Waals surface area contributed by atoms with Gasteiger partial charge in [0.1, 0.15) is 11.5 Å². The van der Waals surface area contributed by atoms with Gasteiger partial charge in [0.15, 0.2) is 0 Å². The number of pyridine rings is 1. The quantitative estimate of drug-likeness (QED) is 0.234. The van der Waals surface area contributed by atoms with Crippen LogP contribution >= 0.6 is 0 Å². The van der Waals surface area contributed by atoms with Crippen LogP contribution in [0.15, 0.2) is 60.8 Å². The summed E-state index contributed by atoms with van der Waals surface area (Å²) in [6.07, 6.45) is 1.22. The van der Waals surface area contributed by atoms with E-state index in [1.54, 1.807) is 36.4 Å². The second kappa shape index (κ2) is 13.7. The molecule has 0 radical (unpaired) electrons. The molecule has 204 valence electrons. The molecule has 2 aromatic carbocycles. The number of para-hydroxylation sites is 1. The number of aromatic nitrogens is 1. The lowest BCUT2D eigenvalue weighted by Crippen LogP contribution is -2.29. The Balaban J connectivity index is 1.60. The van der Waals surface area contributed by atoms with Crippen LogP contribution in [0.3, 0.4) is 0 Å². The lowest BCUT2D eigenvalue weighted by atomic mass is 10.1. The molecule has 11 heteroatoms. The Morgan fingerprint density at radius 3 is 2.36 bits per heavy atom. The summed E-state index contributed by atoms with van der Waals surface area (Å²) < 4.78 is 5.41. The number of carboxylic acid groups (broad SMARTS) is 1. The monoisotopic (exact) mass is 533 g/mol. The van der Waals surface area contributed by atoms with Crippen molar-refractivity contribution in [1.29, 1.82) is 0 Å². The normalized spacial score (nSPS) is 11.3. The van der Waals surface area contributed by atoms with Gasteiger partial charge in [-0.05, 0) is 55.3 Å². The Morgan fingerprint density at radius 1 is 0.974 bits per heavy atom. The molecule has 1 unspecified atom stereocenters. The topological polar surface area (TPSA) is 159 Å². The number of methoxy groups -OCH3 is 1. The first-order chi connectivity index (χ1) is 18.6. The molecule has 1 aromatic heterocycles. The van der Waals surface area contributed by atoms with E-state index in [1.165, 1.54) is 20.2 Å². The van der Waals surface area contributed by atoms with Crippen LogP contribution in [0, 0.1) is 6.92 Å². The van der Waals surface area contributed by atoms with Crippen LogP contribution in [0.2, 0.25) is 0 Å². The van der Waals surface area contributed by atoms with E-state index in [4.69, 9.17) is 9.84 Å². The van der Waals surface area contributed by atoms with Crippen molar-refractivity contribution in [3.63, 3.8) is 0 Å². The maximum Gasteiger partial charge on any atom is 0.323 e. The second-order valence-corrected chi connectivity index (χ2v) is 8.86. The van der Waals surface area contributed by atoms with Gasteiger partial charge in [-0.15, -0.1) is 0 Å². The zero-order chi connectivity index (χ0) is 28.4. The number of carbonyl (C=O) groups excluding carboxylic acids is 3. The number of urea groups is 1. The number of carboxylic acids is 1. The van der Waals surface area contributed by atoms with Crippen molar-refractivity contribution < 1.29 is 29.0 Å². The number of Topliss-reactive ketones (excluding diaryl/α,β-unsaturated/α-hetero) is 1. The van der Waals surface area contributed by atoms with Crippen molar-refractivity contribution in [2.75, 3.05) is 29.6 Å². The fraction of sp³-hybridized carbons (Fsp3) is 0.250. The van der Waals surface area contributed by atoms with Crippen LogP contribution < -0.4 is 26.0 Å². The third-order valence-electron chi connectivity index (χ3n) is 5.68. The molecule has 0 aliphatic rings. The molecular formula is C28H31N5O6. The maximum atomic E-state index is 12.6. The summed E-state index contributed by atoms with van der Waals surface area (Å²) in [5.41, 5.74) is 3.60. The number of rotatable bonds is 12. The Morgan fingerprint density at radius 2 is 1.72 bits per heavy atom. The van der Waals surface area contributed by atoms with Crippen molar-refractivity contribution in [3.05, 3.63) is 77.6 Å². The molecule has 0 aliphatic carbocycles. The largest absolute Gasteiger partial charge is 0.495 e. The molecule has 0 aliphatic heterocycles. The second-order valence-electron chi connectivity index (χ2n) is 8.86. The van der Waals surface area contributed by atoms with Gasteiger partial charge in [0.05, 0.1) is 55.8 Å². The first-order valence-corrected chi connectivity index (χ1v) is 12.2. The Hall–Kier alpha value is -4.77. The molecule has 0 saturated carbocycles. The van der Waals surface area contributed by atoms with Gasteiger partial charge in [0.2, 0.25) is 5.91 Å². The van der Waals surface area contributed by atoms with Gasteiger partial charge in [0, 0.05) is 5.69 Å². The number of nitrogens with one attached hydrogen (secondary N) is 4. The summed E-state index contributed by atoms with van der Waals surface area (Å²) >= 11 is 0. The first kappa shape index (κ1) is 28.8. The molecule has 3 aromatic rings. The fourth-order valence-corrected chi connectivity index (χ4v) is 3.74. The molecule has 0 saturated heterocycles. The molecule has 11 nitrogen and oxygen atoms in total. The Kier molecular flexibility index (Phi) is 10.1. The number of anilines is 3. The SMILES string of the molecule is COc1cc(CC(=O)Nc2ccc(C(CC(=O)O)NCC(C)=O)nc2)ccc1NC(=O)Nc1ccccc1C. The summed E-state index contributed by atoms with van der Waals surface area (Å²) in [5.74, 6) is -1.06. The van der Waals surface area contributed by atoms with E-state index < -0.39 is 18.0 Å². The van der Waals surface area contributed by atoms with Crippen molar-refractivity contribution >= 4 is 40.8 Å². The molecule has 3 rings (SSSR count). The number of ketones is 1. The molecule has 5 N–H and O–H groups in total. The average Bonchev–Trinajstić information content (AvgIpc) is 2.89. The lowest BCUT2D eigenvalue weighted by Gasteiger charge is -2.16. The van der Waals surface area contributed by atoms with Gasteiger partial charge >= 0.3 is 12.0 Å². The van der Waals surface area contributed by atoms with Gasteiger partial charge in [-0.1, -0.05) is 24.3 Å². The summed E-state index contributed by atoms with van der Waals surface area (Å²) in [4.78, 5) is 51.8. The number of amides is 3. The number of hydrogen-bond donors (Lipinski definition) is 5. The van der Waals surface area contributed by atoms with E-state index in [9.17, 15) is 19.2 Å². The maximum absolute atomic E-state index is 12.6. The number of benzene rings is 2. The highest BCUT2D eigenvalue weighted by molar-refractivity contribution is 6.01. The molecule has 3 amide bonds. The lowest BCUT2D eigenvalue weighted by molar-refractivity contribution is -0.137. The molecule has 0 fully saturated rings. The zero-order valence-corrected chi connectivity index (χ0v) is 21.9. The van der Waals surface area contributed by atoms with Gasteiger partial charge in [-0.2, -0.15) is 0 Å². The summed E-state index contributed by atoms with van der Waals surface area (Å²) in [6, 6.07) is 14.6. The van der Waals surface area contributed by atoms with Crippen LogP contribution in [-0.4, -0.2) is 47.4 Å². The Labute approximate surface area is 226 Å². The molecule has 0 spiro atoms. The van der Waals surface area contributed by atoms with Gasteiger partial charge in [-0.25, -0.2) is 4.79 Å². The predicted octanol–water partition coefficient (Wildman–Crippen LogP) is 3.92. The Bertz CT molecular complexity index is 1340. The van der Waals surface area contributed by atoms with Crippen molar-refractivity contribution in [2.45, 2.75) is 32.7 Å². The van der Waals surface area contributed by atoms with Gasteiger partial charge in [-0.3, -0.25) is 19.4 Å². The van der Waals surface area contributed by atoms with Crippen LogP contribution in [0.4, 0.5) is 21.9 Å². The smallest absolute Gasteiger partial charge is 0.323 e. The van der Waals surface area contributed by atoms with Gasteiger partial charge in [0.25, 0.3) is 0 Å². The number of aryl methyl sites for hydroxylation is 1. The van der Waals surface area contributed by atoms with E-state index >= 15 is 0 Å². The standard InChI is InChI=1S/C28H31N5O6/c1-17-6-4-5-7-21(17)32-28(38)33-23-10-8-19(12-25(23)39-3)13-26(35)31-20-9-11-22(30-16-20)24(14-27(36)37)29-15-18(2)34/h4-12,16,24,29H,13-15H2,1-3H3,(H,31,35)(H,36,37)(H2,32,33,38). The highest BCUT2D eigenvalue weighted by Crippen LogP contribution is 2.26. The van der Waals surface area contributed by atoms with Crippen molar-refractivity contribution in [3.8, 4) is 5.75 Å². The molecule has 1 atom stereocenters. The molecule has 1 heterocycles. The van der Waals surface area contributed by atoms with E-state index in [0.717, 1.165) is 5.56 Å². The van der Waals surface area contributed by atoms with E-state index in [1.807, 2.05) is 25.1 Å². The zero-order valence-electron chi connectivity index (χ0n) is 21.9. The van der Waals surface area contributed by atoms with E-state index in [-0.39, 0.29) is 31.1 Å². The third kappa shape index (κ3) is 8.93. The summed E-state index contributed by atoms with van der Waals surface area (Å²) in [5, 5.41) is 20.3. The predicted molar refractivity (Wildman–Crippen MR) is 147 cm³/mol. The van der Waals surface area contributed by atoms with E-state index in [2.05, 4.69) is 26.3 Å². The molecule has 0 bridgehead atoms. The van der Waals surface area contributed by atoms with Crippen LogP contribution in [0.5, 0.6) is 5.75 Å². The number of aliphatic carboxylic acids is 1. The van der Waals surface area contributed by atoms with Crippen LogP contribution in [0.25, 0.3) is 0 Å². The number of carbonyl (C=O) groups is 4. The third-order valence-corrected chi connectivity index (χ3v) is 5.68. The van der Waals surface area contributed by atoms with Gasteiger partial charge < -0.3 is 31.1 Å².